The van der Waals surface area contributed by atoms with E-state index < -0.39 is 5.41 Å². The number of nitriles is 1. The molecule has 0 N–H and O–H groups in total. The van der Waals surface area contributed by atoms with E-state index in [1.165, 1.54) is 0 Å². The number of fused-ring (bicyclic) bond motifs is 2. The lowest BCUT2D eigenvalue weighted by Crippen LogP contribution is -2.44. The molecule has 0 spiro atoms. The zero-order valence-electron chi connectivity index (χ0n) is 22.8. The van der Waals surface area contributed by atoms with Crippen LogP contribution in [0.4, 0.5) is 0 Å². The smallest absolute Gasteiger partial charge is 0.207 e. The van der Waals surface area contributed by atoms with Gasteiger partial charge in [-0.1, -0.05) is 25.5 Å². The average Bonchev–Trinajstić information content (AvgIpc) is 2.94. The fourth-order valence-corrected chi connectivity index (χ4v) is 5.75. The topological polar surface area (TPSA) is 82.4 Å². The first kappa shape index (κ1) is 26.7. The van der Waals surface area contributed by atoms with Crippen molar-refractivity contribution in [2.75, 3.05) is 42.1 Å². The Balaban J connectivity index is 1.51. The third kappa shape index (κ3) is 4.85. The van der Waals surface area contributed by atoms with Gasteiger partial charge in [0.1, 0.15) is 6.61 Å². The molecule has 0 amide bonds. The summed E-state index contributed by atoms with van der Waals surface area (Å²) in [5, 5.41) is 10.3. The van der Waals surface area contributed by atoms with Gasteiger partial charge in [0, 0.05) is 23.7 Å². The highest BCUT2D eigenvalue weighted by molar-refractivity contribution is 5.67. The van der Waals surface area contributed by atoms with Crippen molar-refractivity contribution in [3.63, 3.8) is 0 Å². The lowest BCUT2D eigenvalue weighted by molar-refractivity contribution is 0.00868. The van der Waals surface area contributed by atoms with Gasteiger partial charge in [0.15, 0.2) is 29.1 Å². The average molecular weight is 511 g/mol. The van der Waals surface area contributed by atoms with E-state index in [0.717, 1.165) is 42.6 Å². The van der Waals surface area contributed by atoms with Crippen molar-refractivity contribution in [2.45, 2.75) is 57.7 Å². The fraction of sp³-hybridized carbons (Fsp3) is 0.552. The Kier molecular flexibility index (Phi) is 8.23. The molecule has 0 saturated heterocycles. The Labute approximate surface area is 220 Å². The molecular weight excluding hydrogens is 472 g/mol. The molecule has 3 unspecified atom stereocenters. The molecule has 2 aliphatic heterocycles. The van der Waals surface area contributed by atoms with E-state index >= 15 is 0 Å². The maximum Gasteiger partial charge on any atom is 0.207 e. The third-order valence-electron chi connectivity index (χ3n) is 7.96. The van der Waals surface area contributed by atoms with Crippen LogP contribution in [0.25, 0.3) is 0 Å². The number of hydrogen-bond acceptors (Lipinski definition) is 8. The van der Waals surface area contributed by atoms with Crippen LogP contribution >= 0.6 is 0 Å². The van der Waals surface area contributed by atoms with Gasteiger partial charge in [-0.15, -0.1) is 0 Å². The number of benzene rings is 2. The number of methoxy groups -OCH3 is 4. The van der Waals surface area contributed by atoms with E-state index in [1.54, 1.807) is 28.4 Å². The number of rotatable bonds is 10. The standard InChI is InChI=1S/C29H38N2O6/c1-7-29(18-30,24-17-36-22-12-8-9-13-23(22)37-24)14-10-11-19-15-20-21(16-31(19)2)26(33-4)28(35-6)27(34-5)25(20)32-3/h8-9,12-13,19,24H,7,10-11,14-17H2,1-6H3. The van der Waals surface area contributed by atoms with Gasteiger partial charge in [0.25, 0.3) is 0 Å². The van der Waals surface area contributed by atoms with Crippen molar-refractivity contribution in [3.8, 4) is 40.6 Å². The van der Waals surface area contributed by atoms with Crippen molar-refractivity contribution in [3.05, 3.63) is 35.4 Å². The molecular formula is C29H38N2O6. The molecule has 3 atom stereocenters. The maximum absolute atomic E-state index is 10.3. The minimum absolute atomic E-state index is 0.279. The molecule has 0 aliphatic carbocycles. The molecule has 2 heterocycles. The molecule has 4 rings (SSSR count). The first-order chi connectivity index (χ1) is 18.0. The summed E-state index contributed by atoms with van der Waals surface area (Å²) in [5.41, 5.74) is 1.53. The Morgan fingerprint density at radius 2 is 1.59 bits per heavy atom. The molecule has 8 nitrogen and oxygen atoms in total. The van der Waals surface area contributed by atoms with Gasteiger partial charge < -0.3 is 28.4 Å². The first-order valence-electron chi connectivity index (χ1n) is 12.8. The van der Waals surface area contributed by atoms with E-state index in [9.17, 15) is 5.26 Å². The van der Waals surface area contributed by atoms with Crippen LogP contribution in [0.3, 0.4) is 0 Å². The second-order valence-corrected chi connectivity index (χ2v) is 9.74. The minimum Gasteiger partial charge on any atom is -0.492 e. The van der Waals surface area contributed by atoms with E-state index in [2.05, 4.69) is 24.9 Å². The Hall–Kier alpha value is -3.31. The summed E-state index contributed by atoms with van der Waals surface area (Å²) in [6, 6.07) is 10.5. The molecule has 37 heavy (non-hydrogen) atoms. The lowest BCUT2D eigenvalue weighted by atomic mass is 9.75. The van der Waals surface area contributed by atoms with Crippen LogP contribution in [-0.4, -0.2) is 59.1 Å². The summed E-state index contributed by atoms with van der Waals surface area (Å²) in [6.07, 6.45) is 3.74. The van der Waals surface area contributed by atoms with E-state index in [4.69, 9.17) is 28.4 Å². The van der Waals surface area contributed by atoms with Crippen molar-refractivity contribution < 1.29 is 28.4 Å². The zero-order chi connectivity index (χ0) is 26.6. The van der Waals surface area contributed by atoms with Gasteiger partial charge in [-0.2, -0.15) is 5.26 Å². The van der Waals surface area contributed by atoms with Crippen LogP contribution in [0.1, 0.15) is 43.7 Å². The first-order valence-corrected chi connectivity index (χ1v) is 12.8. The number of hydrogen-bond donors (Lipinski definition) is 0. The van der Waals surface area contributed by atoms with Crippen molar-refractivity contribution in [2.24, 2.45) is 5.41 Å². The van der Waals surface area contributed by atoms with Gasteiger partial charge in [-0.25, -0.2) is 0 Å². The van der Waals surface area contributed by atoms with Gasteiger partial charge in [-0.3, -0.25) is 4.90 Å². The number of ether oxygens (including phenoxy) is 6. The minimum atomic E-state index is -0.615. The summed E-state index contributed by atoms with van der Waals surface area (Å²) in [5.74, 6) is 3.92. The van der Waals surface area contributed by atoms with Crippen LogP contribution in [0.5, 0.6) is 34.5 Å². The van der Waals surface area contributed by atoms with E-state index in [0.29, 0.717) is 48.3 Å². The Bertz CT molecular complexity index is 1150. The summed E-state index contributed by atoms with van der Waals surface area (Å²) >= 11 is 0. The maximum atomic E-state index is 10.3. The fourth-order valence-electron chi connectivity index (χ4n) is 5.75. The highest BCUT2D eigenvalue weighted by Crippen LogP contribution is 2.52. The van der Waals surface area contributed by atoms with Gasteiger partial charge in [0.05, 0.1) is 39.9 Å². The van der Waals surface area contributed by atoms with Gasteiger partial charge >= 0.3 is 0 Å². The Morgan fingerprint density at radius 1 is 0.973 bits per heavy atom. The summed E-state index contributed by atoms with van der Waals surface area (Å²) in [6.45, 7) is 3.15. The summed E-state index contributed by atoms with van der Waals surface area (Å²) in [4.78, 5) is 2.34. The van der Waals surface area contributed by atoms with E-state index in [-0.39, 0.29) is 12.1 Å². The molecule has 8 heteroatoms. The van der Waals surface area contributed by atoms with Crippen LogP contribution in [-0.2, 0) is 13.0 Å². The second kappa shape index (κ2) is 11.4. The molecule has 0 saturated carbocycles. The molecule has 2 aromatic rings. The van der Waals surface area contributed by atoms with Crippen molar-refractivity contribution >= 4 is 0 Å². The van der Waals surface area contributed by atoms with E-state index in [1.807, 2.05) is 24.3 Å². The number of para-hydroxylation sites is 2. The Morgan fingerprint density at radius 3 is 2.19 bits per heavy atom. The quantitative estimate of drug-likeness (QED) is 0.441. The van der Waals surface area contributed by atoms with Crippen LogP contribution in [0.15, 0.2) is 24.3 Å². The largest absolute Gasteiger partial charge is 0.492 e. The molecule has 200 valence electrons. The molecule has 0 radical (unpaired) electrons. The van der Waals surface area contributed by atoms with Gasteiger partial charge in [-0.05, 0) is 44.9 Å². The molecule has 2 aromatic carbocycles. The summed E-state index contributed by atoms with van der Waals surface area (Å²) < 4.78 is 35.1. The van der Waals surface area contributed by atoms with Crippen molar-refractivity contribution in [1.29, 1.82) is 5.26 Å². The van der Waals surface area contributed by atoms with Crippen LogP contribution in [0, 0.1) is 16.7 Å². The van der Waals surface area contributed by atoms with Crippen LogP contribution < -0.4 is 28.4 Å². The zero-order valence-corrected chi connectivity index (χ0v) is 22.8. The SMILES string of the molecule is CCC(C#N)(CCCC1Cc2c(c(OC)c(OC)c(OC)c2OC)CN1C)C1COc2ccccc2O1. The molecule has 2 aliphatic rings. The predicted molar refractivity (Wildman–Crippen MR) is 140 cm³/mol. The highest BCUT2D eigenvalue weighted by Gasteiger charge is 2.42. The molecule has 0 fully saturated rings. The summed E-state index contributed by atoms with van der Waals surface area (Å²) in [7, 11) is 8.65. The lowest BCUT2D eigenvalue weighted by Gasteiger charge is -2.39. The number of nitrogens with zero attached hydrogens (tertiary/aromatic N) is 2. The van der Waals surface area contributed by atoms with Gasteiger partial charge in [0.2, 0.25) is 11.5 Å². The molecule has 0 bridgehead atoms. The predicted octanol–water partition coefficient (Wildman–Crippen LogP) is 5.01. The van der Waals surface area contributed by atoms with Crippen molar-refractivity contribution in [1.82, 2.24) is 4.90 Å². The normalized spacial score (nSPS) is 20.2. The van der Waals surface area contributed by atoms with Crippen LogP contribution in [0.2, 0.25) is 0 Å². The highest BCUT2D eigenvalue weighted by atomic mass is 16.6. The second-order valence-electron chi connectivity index (χ2n) is 9.74. The number of likely N-dealkylation sites (N-methyl/N-ethyl adjacent to an activating group) is 1. The third-order valence-corrected chi connectivity index (χ3v) is 7.96. The molecule has 0 aromatic heterocycles. The monoisotopic (exact) mass is 510 g/mol.